The molecule has 0 unspecified atom stereocenters. The molecule has 1 saturated heterocycles. The molecule has 0 spiro atoms. The van der Waals surface area contributed by atoms with Crippen molar-refractivity contribution in [1.82, 2.24) is 20.3 Å². The Morgan fingerprint density at radius 3 is 2.27 bits per heavy atom. The van der Waals surface area contributed by atoms with E-state index in [1.807, 2.05) is 20.8 Å². The van der Waals surface area contributed by atoms with Crippen LogP contribution >= 0.6 is 22.9 Å². The lowest BCUT2D eigenvalue weighted by Crippen LogP contribution is -2.30. The number of nitrogens with zero attached hydrogens (tertiary/aromatic N) is 3. The molecule has 7 nitrogen and oxygen atoms in total. The minimum atomic E-state index is 0.296. The van der Waals surface area contributed by atoms with Gasteiger partial charge in [-0.1, -0.05) is 51.0 Å². The fourth-order valence-electron chi connectivity index (χ4n) is 2.96. The van der Waals surface area contributed by atoms with E-state index in [1.54, 1.807) is 18.3 Å². The van der Waals surface area contributed by atoms with E-state index >= 15 is 0 Å². The summed E-state index contributed by atoms with van der Waals surface area (Å²) in [5.41, 5.74) is 6.44. The zero-order valence-electron chi connectivity index (χ0n) is 18.8. The Hall–Kier alpha value is -1.48. The van der Waals surface area contributed by atoms with Gasteiger partial charge in [-0.2, -0.15) is 4.98 Å². The second kappa shape index (κ2) is 15.3. The first-order valence-corrected chi connectivity index (χ1v) is 11.9. The van der Waals surface area contributed by atoms with Crippen LogP contribution < -0.4 is 16.4 Å². The minimum Gasteiger partial charge on any atom is -0.403 e. The number of rotatable bonds is 2. The maximum Gasteiger partial charge on any atom is 0.225 e. The van der Waals surface area contributed by atoms with Gasteiger partial charge in [-0.05, 0) is 44.0 Å². The molecule has 30 heavy (non-hydrogen) atoms. The number of morpholine rings is 1. The minimum absolute atomic E-state index is 0.296. The standard InChI is InChI=1S/C12H15ClN4S.C4H9NO.C3H7N.C2H6/c1-7-14-9-10(15-8-5-3-2-4-6-8)16-12(13)17-11(9)18-7;1-3-6-4-2-5-1;1-3(2)4;1-2/h8H,2-6H2,1H3,(H,15,16,17);5H,1-4H2;1,4H2,2H3;1-2H3. The van der Waals surface area contributed by atoms with Gasteiger partial charge in [-0.3, -0.25) is 0 Å². The van der Waals surface area contributed by atoms with Crippen molar-refractivity contribution >= 4 is 39.1 Å². The van der Waals surface area contributed by atoms with Gasteiger partial charge in [-0.25, -0.2) is 9.97 Å². The van der Waals surface area contributed by atoms with Gasteiger partial charge in [0.05, 0.1) is 18.2 Å². The first-order chi connectivity index (χ1) is 14.5. The molecule has 4 N–H and O–H groups in total. The summed E-state index contributed by atoms with van der Waals surface area (Å²) in [5.74, 6) is 0.793. The zero-order chi connectivity index (χ0) is 22.4. The molecule has 9 heteroatoms. The summed E-state index contributed by atoms with van der Waals surface area (Å²) < 4.78 is 5.01. The molecule has 4 rings (SSSR count). The second-order valence-electron chi connectivity index (χ2n) is 6.92. The fourth-order valence-corrected chi connectivity index (χ4v) is 3.96. The zero-order valence-corrected chi connectivity index (χ0v) is 20.3. The molecule has 1 aliphatic heterocycles. The fraction of sp³-hybridized carbons (Fsp3) is 0.667. The van der Waals surface area contributed by atoms with Crippen LogP contribution in [0.1, 0.15) is 57.9 Å². The number of thiazole rings is 1. The molecule has 0 bridgehead atoms. The summed E-state index contributed by atoms with van der Waals surface area (Å²) in [4.78, 5) is 13.9. The lowest BCUT2D eigenvalue weighted by atomic mass is 9.95. The summed E-state index contributed by atoms with van der Waals surface area (Å²) in [5, 5.41) is 7.94. The third-order valence-electron chi connectivity index (χ3n) is 4.13. The Kier molecular flexibility index (Phi) is 13.6. The van der Waals surface area contributed by atoms with Gasteiger partial charge in [0.15, 0.2) is 10.6 Å². The number of hydrogen-bond donors (Lipinski definition) is 3. The van der Waals surface area contributed by atoms with E-state index in [1.165, 1.54) is 32.1 Å². The van der Waals surface area contributed by atoms with Crippen LogP contribution in [0.4, 0.5) is 5.82 Å². The second-order valence-corrected chi connectivity index (χ2v) is 8.44. The monoisotopic (exact) mass is 456 g/mol. The molecule has 0 aromatic carbocycles. The van der Waals surface area contributed by atoms with E-state index < -0.39 is 0 Å². The maximum absolute atomic E-state index is 5.97. The van der Waals surface area contributed by atoms with E-state index in [0.717, 1.165) is 47.5 Å². The Labute approximate surface area is 189 Å². The van der Waals surface area contributed by atoms with Crippen molar-refractivity contribution in [3.63, 3.8) is 0 Å². The number of hydrogen-bond acceptors (Lipinski definition) is 8. The summed E-state index contributed by atoms with van der Waals surface area (Å²) in [6, 6.07) is 0.495. The average molecular weight is 457 g/mol. The van der Waals surface area contributed by atoms with E-state index in [-0.39, 0.29) is 0 Å². The highest BCUT2D eigenvalue weighted by atomic mass is 35.5. The molecule has 2 fully saturated rings. The highest BCUT2D eigenvalue weighted by Gasteiger charge is 2.17. The third-order valence-corrected chi connectivity index (χ3v) is 5.16. The molecule has 0 radical (unpaired) electrons. The SMILES string of the molecule is C1COCCN1.C=C(C)N.CC.Cc1nc2c(NC3CCCCC3)nc(Cl)nc2s1. The summed E-state index contributed by atoms with van der Waals surface area (Å²) in [6.07, 6.45) is 6.32. The Morgan fingerprint density at radius 2 is 1.77 bits per heavy atom. The Bertz CT molecular complexity index is 729. The van der Waals surface area contributed by atoms with E-state index in [9.17, 15) is 0 Å². The molecular weight excluding hydrogens is 420 g/mol. The molecule has 2 aromatic rings. The number of halogens is 1. The number of allylic oxidation sites excluding steroid dienone is 1. The molecule has 170 valence electrons. The largest absolute Gasteiger partial charge is 0.403 e. The third kappa shape index (κ3) is 10.5. The van der Waals surface area contributed by atoms with Gasteiger partial charge >= 0.3 is 0 Å². The molecule has 1 saturated carbocycles. The van der Waals surface area contributed by atoms with Gasteiger partial charge in [0, 0.05) is 19.1 Å². The maximum atomic E-state index is 5.97. The number of ether oxygens (including phenoxy) is 1. The van der Waals surface area contributed by atoms with Crippen LogP contribution in [0.25, 0.3) is 10.3 Å². The predicted octanol–water partition coefficient (Wildman–Crippen LogP) is 4.90. The number of fused-ring (bicyclic) bond motifs is 1. The average Bonchev–Trinajstić information content (AvgIpc) is 3.12. The highest BCUT2D eigenvalue weighted by Crippen LogP contribution is 2.28. The van der Waals surface area contributed by atoms with Gasteiger partial charge in [0.2, 0.25) is 5.28 Å². The number of aryl methyl sites for hydroxylation is 1. The first-order valence-electron chi connectivity index (χ1n) is 10.7. The molecular formula is C21H37ClN6OS. The summed E-state index contributed by atoms with van der Waals surface area (Å²) >= 11 is 7.52. The van der Waals surface area contributed by atoms with Crippen molar-refractivity contribution in [1.29, 1.82) is 0 Å². The number of aromatic nitrogens is 3. The molecule has 0 amide bonds. The molecule has 0 atom stereocenters. The molecule has 2 aliphatic rings. The van der Waals surface area contributed by atoms with Crippen molar-refractivity contribution in [2.75, 3.05) is 31.6 Å². The normalized spacial score (nSPS) is 16.2. The van der Waals surface area contributed by atoms with Crippen LogP contribution in [-0.4, -0.2) is 47.3 Å². The van der Waals surface area contributed by atoms with Gasteiger partial charge < -0.3 is 21.1 Å². The van der Waals surface area contributed by atoms with Crippen molar-refractivity contribution in [3.05, 3.63) is 22.6 Å². The van der Waals surface area contributed by atoms with Crippen LogP contribution in [0, 0.1) is 6.92 Å². The van der Waals surface area contributed by atoms with Gasteiger partial charge in [0.1, 0.15) is 5.52 Å². The van der Waals surface area contributed by atoms with Crippen molar-refractivity contribution < 1.29 is 4.74 Å². The lowest BCUT2D eigenvalue weighted by Gasteiger charge is -2.23. The predicted molar refractivity (Wildman–Crippen MR) is 129 cm³/mol. The number of nitrogens with two attached hydrogens (primary N) is 1. The molecule has 1 aliphatic carbocycles. The van der Waals surface area contributed by atoms with E-state index in [2.05, 4.69) is 32.2 Å². The van der Waals surface area contributed by atoms with Crippen LogP contribution in [-0.2, 0) is 4.74 Å². The van der Waals surface area contributed by atoms with Crippen LogP contribution in [0.2, 0.25) is 5.28 Å². The smallest absolute Gasteiger partial charge is 0.225 e. The lowest BCUT2D eigenvalue weighted by molar-refractivity contribution is 0.109. The van der Waals surface area contributed by atoms with Crippen LogP contribution in [0.3, 0.4) is 0 Å². The highest BCUT2D eigenvalue weighted by molar-refractivity contribution is 7.18. The number of anilines is 1. The van der Waals surface area contributed by atoms with Crippen molar-refractivity contribution in [2.24, 2.45) is 5.73 Å². The van der Waals surface area contributed by atoms with Gasteiger partial charge in [-0.15, -0.1) is 0 Å². The topological polar surface area (TPSA) is 98.0 Å². The Balaban J connectivity index is 0.000000310. The first kappa shape index (κ1) is 26.6. The van der Waals surface area contributed by atoms with E-state index in [4.69, 9.17) is 22.1 Å². The van der Waals surface area contributed by atoms with Crippen molar-refractivity contribution in [3.8, 4) is 0 Å². The van der Waals surface area contributed by atoms with Crippen molar-refractivity contribution in [2.45, 2.75) is 65.8 Å². The molecule has 3 heterocycles. The quantitative estimate of drug-likeness (QED) is 0.552. The van der Waals surface area contributed by atoms with E-state index in [0.29, 0.717) is 17.0 Å². The Morgan fingerprint density at radius 1 is 1.17 bits per heavy atom. The van der Waals surface area contributed by atoms with Crippen LogP contribution in [0.15, 0.2) is 12.3 Å². The van der Waals surface area contributed by atoms with Gasteiger partial charge in [0.25, 0.3) is 0 Å². The molecule has 2 aromatic heterocycles. The number of nitrogens with one attached hydrogen (secondary N) is 2. The summed E-state index contributed by atoms with van der Waals surface area (Å²) in [6.45, 7) is 14.9. The van der Waals surface area contributed by atoms with Crippen LogP contribution in [0.5, 0.6) is 0 Å². The summed E-state index contributed by atoms with van der Waals surface area (Å²) in [7, 11) is 0.